The van der Waals surface area contributed by atoms with Crippen LogP contribution in [0.1, 0.15) is 46.5 Å². The van der Waals surface area contributed by atoms with Crippen molar-refractivity contribution < 1.29 is 4.79 Å². The van der Waals surface area contributed by atoms with E-state index in [1.807, 2.05) is 0 Å². The van der Waals surface area contributed by atoms with E-state index in [2.05, 4.69) is 18.7 Å². The average molecular weight is 209 g/mol. The lowest BCUT2D eigenvalue weighted by molar-refractivity contribution is -0.126. The van der Waals surface area contributed by atoms with E-state index in [-0.39, 0.29) is 5.41 Å². The van der Waals surface area contributed by atoms with Gasteiger partial charge in [-0.1, -0.05) is 20.3 Å². The van der Waals surface area contributed by atoms with Crippen LogP contribution in [0.3, 0.4) is 0 Å². The maximum atomic E-state index is 11.5. The Morgan fingerprint density at radius 1 is 1.33 bits per heavy atom. The molecule has 2 heteroatoms. The molecular formula is C13H23NO. The summed E-state index contributed by atoms with van der Waals surface area (Å²) in [6, 6.07) is 0.795. The first-order valence-electron chi connectivity index (χ1n) is 6.26. The topological polar surface area (TPSA) is 20.3 Å². The zero-order chi connectivity index (χ0) is 11.1. The fourth-order valence-corrected chi connectivity index (χ4v) is 3.15. The lowest BCUT2D eigenvalue weighted by Crippen LogP contribution is -2.41. The second-order valence-electron chi connectivity index (χ2n) is 5.96. The number of nitrogens with zero attached hydrogens (tertiary/aromatic N) is 1. The second kappa shape index (κ2) is 3.89. The molecule has 2 nitrogen and oxygen atoms in total. The summed E-state index contributed by atoms with van der Waals surface area (Å²) < 4.78 is 0. The SMILES string of the molecule is CC(=O)C(C)(C)CN1CCC2CCCC21. The molecule has 1 aliphatic heterocycles. The van der Waals surface area contributed by atoms with Crippen molar-refractivity contribution in [1.29, 1.82) is 0 Å². The zero-order valence-electron chi connectivity index (χ0n) is 10.3. The van der Waals surface area contributed by atoms with Crippen LogP contribution < -0.4 is 0 Å². The molecule has 1 aliphatic carbocycles. The van der Waals surface area contributed by atoms with Crippen LogP contribution in [0.4, 0.5) is 0 Å². The van der Waals surface area contributed by atoms with Crippen molar-refractivity contribution in [3.63, 3.8) is 0 Å². The van der Waals surface area contributed by atoms with Crippen molar-refractivity contribution in [2.24, 2.45) is 11.3 Å². The van der Waals surface area contributed by atoms with E-state index in [0.717, 1.165) is 18.5 Å². The van der Waals surface area contributed by atoms with Crippen LogP contribution in [0, 0.1) is 11.3 Å². The molecule has 2 rings (SSSR count). The summed E-state index contributed by atoms with van der Waals surface area (Å²) in [7, 11) is 0. The highest BCUT2D eigenvalue weighted by molar-refractivity contribution is 5.81. The molecule has 2 atom stereocenters. The van der Waals surface area contributed by atoms with E-state index in [0.29, 0.717) is 5.78 Å². The normalized spacial score (nSPS) is 31.9. The number of hydrogen-bond donors (Lipinski definition) is 0. The van der Waals surface area contributed by atoms with Gasteiger partial charge in [-0.25, -0.2) is 0 Å². The van der Waals surface area contributed by atoms with Gasteiger partial charge in [-0.2, -0.15) is 0 Å². The molecule has 15 heavy (non-hydrogen) atoms. The van der Waals surface area contributed by atoms with Crippen molar-refractivity contribution in [1.82, 2.24) is 4.90 Å². The summed E-state index contributed by atoms with van der Waals surface area (Å²) in [6.07, 6.45) is 5.53. The van der Waals surface area contributed by atoms with Crippen LogP contribution in [0.25, 0.3) is 0 Å². The van der Waals surface area contributed by atoms with Gasteiger partial charge in [0.05, 0.1) is 0 Å². The summed E-state index contributed by atoms with van der Waals surface area (Å²) in [6.45, 7) is 8.06. The molecule has 0 spiro atoms. The number of hydrogen-bond acceptors (Lipinski definition) is 2. The molecule has 1 saturated carbocycles. The third-order valence-corrected chi connectivity index (χ3v) is 4.43. The van der Waals surface area contributed by atoms with Crippen molar-refractivity contribution >= 4 is 5.78 Å². The van der Waals surface area contributed by atoms with E-state index < -0.39 is 0 Å². The Kier molecular flexibility index (Phi) is 2.89. The third kappa shape index (κ3) is 2.10. The minimum Gasteiger partial charge on any atom is -0.299 e. The second-order valence-corrected chi connectivity index (χ2v) is 5.96. The van der Waals surface area contributed by atoms with Gasteiger partial charge in [0.1, 0.15) is 5.78 Å². The number of rotatable bonds is 3. The van der Waals surface area contributed by atoms with Crippen molar-refractivity contribution in [2.45, 2.75) is 52.5 Å². The van der Waals surface area contributed by atoms with Gasteiger partial charge >= 0.3 is 0 Å². The first-order valence-corrected chi connectivity index (χ1v) is 6.26. The van der Waals surface area contributed by atoms with Gasteiger partial charge in [0.25, 0.3) is 0 Å². The van der Waals surface area contributed by atoms with E-state index >= 15 is 0 Å². The molecule has 0 aromatic carbocycles. The Labute approximate surface area is 93.0 Å². The van der Waals surface area contributed by atoms with Crippen LogP contribution in [0.2, 0.25) is 0 Å². The Morgan fingerprint density at radius 3 is 2.73 bits per heavy atom. The predicted octanol–water partition coefficient (Wildman–Crippen LogP) is 2.48. The van der Waals surface area contributed by atoms with Crippen molar-refractivity contribution in [3.05, 3.63) is 0 Å². The average Bonchev–Trinajstić information content (AvgIpc) is 2.69. The quantitative estimate of drug-likeness (QED) is 0.711. The lowest BCUT2D eigenvalue weighted by atomic mass is 9.88. The highest BCUT2D eigenvalue weighted by Gasteiger charge is 2.40. The number of fused-ring (bicyclic) bond motifs is 1. The molecule has 1 saturated heterocycles. The van der Waals surface area contributed by atoms with Crippen LogP contribution in [-0.4, -0.2) is 29.8 Å². The molecule has 2 fully saturated rings. The Morgan fingerprint density at radius 2 is 2.07 bits per heavy atom. The molecule has 0 aromatic heterocycles. The Bertz CT molecular complexity index is 259. The number of likely N-dealkylation sites (tertiary alicyclic amines) is 1. The summed E-state index contributed by atoms with van der Waals surface area (Å²) in [5, 5.41) is 0. The fourth-order valence-electron chi connectivity index (χ4n) is 3.15. The molecule has 0 amide bonds. The molecule has 0 aromatic rings. The van der Waals surface area contributed by atoms with Gasteiger partial charge in [-0.15, -0.1) is 0 Å². The molecule has 0 radical (unpaired) electrons. The monoisotopic (exact) mass is 209 g/mol. The molecule has 2 unspecified atom stereocenters. The largest absolute Gasteiger partial charge is 0.299 e. The maximum absolute atomic E-state index is 11.5. The predicted molar refractivity (Wildman–Crippen MR) is 61.8 cm³/mol. The number of Topliss-reactive ketones (excluding diaryl/α,β-unsaturated/α-hetero) is 1. The molecule has 0 N–H and O–H groups in total. The van der Waals surface area contributed by atoms with E-state index in [1.165, 1.54) is 32.2 Å². The van der Waals surface area contributed by atoms with Gasteiger partial charge in [0.2, 0.25) is 0 Å². The smallest absolute Gasteiger partial charge is 0.136 e. The Balaban J connectivity index is 1.98. The summed E-state index contributed by atoms with van der Waals surface area (Å²) in [5.74, 6) is 1.26. The van der Waals surface area contributed by atoms with Crippen LogP contribution in [0.5, 0.6) is 0 Å². The number of carbonyl (C=O) groups is 1. The van der Waals surface area contributed by atoms with Crippen LogP contribution >= 0.6 is 0 Å². The fraction of sp³-hybridized carbons (Fsp3) is 0.923. The van der Waals surface area contributed by atoms with Gasteiger partial charge in [-0.3, -0.25) is 9.69 Å². The molecule has 0 bridgehead atoms. The van der Waals surface area contributed by atoms with Gasteiger partial charge < -0.3 is 0 Å². The Hall–Kier alpha value is -0.370. The van der Waals surface area contributed by atoms with Crippen LogP contribution in [0.15, 0.2) is 0 Å². The highest BCUT2D eigenvalue weighted by atomic mass is 16.1. The minimum absolute atomic E-state index is 0.155. The summed E-state index contributed by atoms with van der Waals surface area (Å²) in [4.78, 5) is 14.1. The molecule has 86 valence electrons. The third-order valence-electron chi connectivity index (χ3n) is 4.43. The van der Waals surface area contributed by atoms with Crippen molar-refractivity contribution in [2.75, 3.05) is 13.1 Å². The standard InChI is InChI=1S/C13H23NO/c1-10(15)13(2,3)9-14-8-7-11-5-4-6-12(11)14/h11-12H,4-9H2,1-3H3. The van der Waals surface area contributed by atoms with Crippen LogP contribution in [-0.2, 0) is 4.79 Å². The van der Waals surface area contributed by atoms with Gasteiger partial charge in [0.15, 0.2) is 0 Å². The van der Waals surface area contributed by atoms with Gasteiger partial charge in [0, 0.05) is 18.0 Å². The number of carbonyl (C=O) groups excluding carboxylic acids is 1. The number of ketones is 1. The first-order chi connectivity index (χ1) is 7.00. The minimum atomic E-state index is -0.155. The molecule has 1 heterocycles. The zero-order valence-corrected chi connectivity index (χ0v) is 10.3. The molecule has 2 aliphatic rings. The summed E-state index contributed by atoms with van der Waals surface area (Å²) >= 11 is 0. The first kappa shape index (κ1) is 11.1. The lowest BCUT2D eigenvalue weighted by Gasteiger charge is -2.31. The highest BCUT2D eigenvalue weighted by Crippen LogP contribution is 2.39. The summed E-state index contributed by atoms with van der Waals surface area (Å²) in [5.41, 5.74) is -0.155. The van der Waals surface area contributed by atoms with Gasteiger partial charge in [-0.05, 0) is 38.6 Å². The van der Waals surface area contributed by atoms with E-state index in [9.17, 15) is 4.79 Å². The van der Waals surface area contributed by atoms with Crippen molar-refractivity contribution in [3.8, 4) is 0 Å². The van der Waals surface area contributed by atoms with E-state index in [1.54, 1.807) is 6.92 Å². The maximum Gasteiger partial charge on any atom is 0.136 e. The molecular weight excluding hydrogens is 186 g/mol. The van der Waals surface area contributed by atoms with E-state index in [4.69, 9.17) is 0 Å².